The molecule has 8 heteroatoms. The van der Waals surface area contributed by atoms with E-state index in [4.69, 9.17) is 28.1 Å². The number of rotatable bonds is 14. The van der Waals surface area contributed by atoms with Crippen LogP contribution in [0.1, 0.15) is 121 Å². The minimum Gasteiger partial charge on any atom is -0.493 e. The summed E-state index contributed by atoms with van der Waals surface area (Å²) in [5.41, 5.74) is 0.0379. The molecule has 232 valence electrons. The van der Waals surface area contributed by atoms with E-state index in [0.717, 1.165) is 58.9 Å². The number of unbranched alkanes of at least 4 members (excludes halogenated alkanes) is 6. The van der Waals surface area contributed by atoms with Gasteiger partial charge in [0.05, 0.1) is 35.6 Å². The highest BCUT2D eigenvalue weighted by Crippen LogP contribution is 2.41. The van der Waals surface area contributed by atoms with Crippen molar-refractivity contribution in [1.82, 2.24) is 0 Å². The fourth-order valence-corrected chi connectivity index (χ4v) is 5.42. The van der Waals surface area contributed by atoms with Gasteiger partial charge in [0.2, 0.25) is 0 Å². The summed E-state index contributed by atoms with van der Waals surface area (Å²) < 4.78 is 39.2. The SMILES string of the molecule is CCCCCCOc1c(B2OC(C)(C)C(C)(C)O2)ccc2c(OCCCCCC)c(B3OC(C)(C)C(C)(C)O3)ccc12. The van der Waals surface area contributed by atoms with Crippen LogP contribution in [0.25, 0.3) is 10.8 Å². The quantitative estimate of drug-likeness (QED) is 0.172. The van der Waals surface area contributed by atoms with Crippen LogP contribution < -0.4 is 20.4 Å². The molecular weight excluding hydrogens is 526 g/mol. The summed E-state index contributed by atoms with van der Waals surface area (Å²) in [6.07, 6.45) is 9.07. The Hall–Kier alpha value is -1.73. The van der Waals surface area contributed by atoms with Crippen molar-refractivity contribution in [2.45, 2.75) is 143 Å². The van der Waals surface area contributed by atoms with Crippen LogP contribution in [0.4, 0.5) is 0 Å². The van der Waals surface area contributed by atoms with Crippen molar-refractivity contribution >= 4 is 35.9 Å². The normalized spacial score (nSPS) is 20.4. The molecule has 0 N–H and O–H groups in total. The van der Waals surface area contributed by atoms with Crippen molar-refractivity contribution in [3.63, 3.8) is 0 Å². The fourth-order valence-electron chi connectivity index (χ4n) is 5.42. The first kappa shape index (κ1) is 33.2. The maximum atomic E-state index is 6.61. The van der Waals surface area contributed by atoms with Crippen molar-refractivity contribution in [1.29, 1.82) is 0 Å². The first-order valence-electron chi connectivity index (χ1n) is 16.3. The zero-order valence-corrected chi connectivity index (χ0v) is 28.0. The van der Waals surface area contributed by atoms with Crippen molar-refractivity contribution in [3.8, 4) is 11.5 Å². The predicted molar refractivity (Wildman–Crippen MR) is 175 cm³/mol. The topological polar surface area (TPSA) is 55.4 Å². The number of hydrogen-bond donors (Lipinski definition) is 0. The van der Waals surface area contributed by atoms with Crippen LogP contribution in [-0.4, -0.2) is 49.9 Å². The Morgan fingerprint density at radius 1 is 0.500 bits per heavy atom. The first-order valence-corrected chi connectivity index (χ1v) is 16.3. The lowest BCUT2D eigenvalue weighted by Gasteiger charge is -2.32. The second kappa shape index (κ2) is 13.1. The van der Waals surface area contributed by atoms with Gasteiger partial charge in [-0.1, -0.05) is 76.6 Å². The molecular formula is C34H54B2O6. The average Bonchev–Trinajstić information content (AvgIpc) is 3.27. The summed E-state index contributed by atoms with van der Waals surface area (Å²) in [5.74, 6) is 1.61. The van der Waals surface area contributed by atoms with Crippen LogP contribution in [0.3, 0.4) is 0 Å². The molecule has 2 aliphatic heterocycles. The molecule has 0 aliphatic carbocycles. The van der Waals surface area contributed by atoms with E-state index in [9.17, 15) is 0 Å². The van der Waals surface area contributed by atoms with Crippen LogP contribution in [-0.2, 0) is 18.6 Å². The van der Waals surface area contributed by atoms with Crippen LogP contribution in [0, 0.1) is 0 Å². The lowest BCUT2D eigenvalue weighted by Crippen LogP contribution is -2.41. The molecule has 0 radical (unpaired) electrons. The van der Waals surface area contributed by atoms with E-state index < -0.39 is 36.6 Å². The van der Waals surface area contributed by atoms with Crippen molar-refractivity contribution in [3.05, 3.63) is 24.3 Å². The van der Waals surface area contributed by atoms with Gasteiger partial charge in [0.25, 0.3) is 0 Å². The summed E-state index contributed by atoms with van der Waals surface area (Å²) in [5, 5.41) is 1.98. The molecule has 0 saturated carbocycles. The molecule has 0 bridgehead atoms. The van der Waals surface area contributed by atoms with Gasteiger partial charge in [-0.3, -0.25) is 0 Å². The van der Waals surface area contributed by atoms with Gasteiger partial charge in [-0.05, 0) is 68.2 Å². The monoisotopic (exact) mass is 580 g/mol. The molecule has 0 unspecified atom stereocenters. The van der Waals surface area contributed by atoms with Gasteiger partial charge in [-0.2, -0.15) is 0 Å². The Kier molecular flexibility index (Phi) is 10.3. The minimum atomic E-state index is -0.522. The molecule has 42 heavy (non-hydrogen) atoms. The largest absolute Gasteiger partial charge is 0.498 e. The molecule has 0 spiro atoms. The lowest BCUT2D eigenvalue weighted by atomic mass is 9.74. The Morgan fingerprint density at radius 2 is 0.833 bits per heavy atom. The number of fused-ring (bicyclic) bond motifs is 1. The summed E-state index contributed by atoms with van der Waals surface area (Å²) in [6, 6.07) is 8.42. The third-order valence-electron chi connectivity index (χ3n) is 9.67. The standard InChI is InChI=1S/C34H54B2O6/c1-11-13-15-17-23-37-29-25-19-22-28(36-41-33(7,8)34(9,10)42-36)30(38-24-18-16-14-12-2)26(25)20-21-27(29)35-39-31(3,4)32(5,6)40-35/h19-22H,11-18,23-24H2,1-10H3. The predicted octanol–water partition coefficient (Wildman–Crippen LogP) is 7.36. The molecule has 2 aromatic carbocycles. The minimum absolute atomic E-state index is 0.446. The van der Waals surface area contributed by atoms with Crippen molar-refractivity contribution < 1.29 is 28.1 Å². The summed E-state index contributed by atoms with van der Waals surface area (Å²) in [7, 11) is -1.04. The molecule has 2 heterocycles. The summed E-state index contributed by atoms with van der Waals surface area (Å²) in [4.78, 5) is 0. The van der Waals surface area contributed by atoms with Crippen LogP contribution in [0.2, 0.25) is 0 Å². The zero-order valence-electron chi connectivity index (χ0n) is 28.0. The third kappa shape index (κ3) is 6.82. The third-order valence-corrected chi connectivity index (χ3v) is 9.67. The van der Waals surface area contributed by atoms with E-state index in [0.29, 0.717) is 13.2 Å². The molecule has 2 saturated heterocycles. The maximum absolute atomic E-state index is 6.61. The van der Waals surface area contributed by atoms with Gasteiger partial charge in [-0.25, -0.2) is 0 Å². The number of hydrogen-bond acceptors (Lipinski definition) is 6. The molecule has 2 aliphatic rings. The number of benzene rings is 2. The van der Waals surface area contributed by atoms with E-state index >= 15 is 0 Å². The Balaban J connectivity index is 1.78. The summed E-state index contributed by atoms with van der Waals surface area (Å²) in [6.45, 7) is 22.4. The molecule has 4 rings (SSSR count). The highest BCUT2D eigenvalue weighted by atomic mass is 16.7. The molecule has 2 aromatic rings. The van der Waals surface area contributed by atoms with Gasteiger partial charge in [0.1, 0.15) is 11.5 Å². The van der Waals surface area contributed by atoms with Crippen molar-refractivity contribution in [2.75, 3.05) is 13.2 Å². The molecule has 0 atom stereocenters. The van der Waals surface area contributed by atoms with Crippen molar-refractivity contribution in [2.24, 2.45) is 0 Å². The van der Waals surface area contributed by atoms with E-state index in [1.54, 1.807) is 0 Å². The Labute approximate surface area is 255 Å². The maximum Gasteiger partial charge on any atom is 0.498 e. The zero-order chi connectivity index (χ0) is 30.8. The van der Waals surface area contributed by atoms with Gasteiger partial charge < -0.3 is 28.1 Å². The summed E-state index contributed by atoms with van der Waals surface area (Å²) >= 11 is 0. The average molecular weight is 580 g/mol. The molecule has 0 aromatic heterocycles. The smallest absolute Gasteiger partial charge is 0.493 e. The second-order valence-electron chi connectivity index (χ2n) is 14.1. The fraction of sp³-hybridized carbons (Fsp3) is 0.706. The lowest BCUT2D eigenvalue weighted by molar-refractivity contribution is 0.00578. The van der Waals surface area contributed by atoms with Gasteiger partial charge in [0, 0.05) is 21.7 Å². The van der Waals surface area contributed by atoms with Crippen LogP contribution in [0.5, 0.6) is 11.5 Å². The van der Waals surface area contributed by atoms with Crippen LogP contribution >= 0.6 is 0 Å². The molecule has 6 nitrogen and oxygen atoms in total. The number of ether oxygens (including phenoxy) is 2. The van der Waals surface area contributed by atoms with Gasteiger partial charge in [-0.15, -0.1) is 0 Å². The Bertz CT molecular complexity index is 1080. The van der Waals surface area contributed by atoms with Gasteiger partial charge in [0.15, 0.2) is 0 Å². The van der Waals surface area contributed by atoms with E-state index in [2.05, 4.69) is 93.5 Å². The van der Waals surface area contributed by atoms with E-state index in [1.807, 2.05) is 0 Å². The first-order chi connectivity index (χ1) is 19.7. The highest BCUT2D eigenvalue weighted by molar-refractivity contribution is 6.64. The van der Waals surface area contributed by atoms with Gasteiger partial charge >= 0.3 is 14.2 Å². The Morgan fingerprint density at radius 3 is 1.14 bits per heavy atom. The van der Waals surface area contributed by atoms with Crippen LogP contribution in [0.15, 0.2) is 24.3 Å². The van der Waals surface area contributed by atoms with E-state index in [-0.39, 0.29) is 0 Å². The molecule has 2 fully saturated rings. The van der Waals surface area contributed by atoms with E-state index in [1.165, 1.54) is 25.7 Å². The second-order valence-corrected chi connectivity index (χ2v) is 14.1. The molecule has 0 amide bonds. The highest BCUT2D eigenvalue weighted by Gasteiger charge is 2.54.